The van der Waals surface area contributed by atoms with Gasteiger partial charge in [0.25, 0.3) is 0 Å². The number of hydrogen-bond acceptors (Lipinski definition) is 3. The molecule has 0 saturated carbocycles. The van der Waals surface area contributed by atoms with Gasteiger partial charge in [0.2, 0.25) is 0 Å². The zero-order chi connectivity index (χ0) is 16.7. The van der Waals surface area contributed by atoms with Crippen LogP contribution in [0.15, 0.2) is 54.1 Å². The highest BCUT2D eigenvalue weighted by Gasteiger charge is 2.42. The number of benzene rings is 1. The predicted octanol–water partition coefficient (Wildman–Crippen LogP) is 3.88. The van der Waals surface area contributed by atoms with Crippen LogP contribution in [0.2, 0.25) is 0 Å². The molecule has 1 aliphatic carbocycles. The molecular weight excluding hydrogens is 284 g/mol. The summed E-state index contributed by atoms with van der Waals surface area (Å²) in [6, 6.07) is 8.87. The molecule has 0 aromatic heterocycles. The van der Waals surface area contributed by atoms with Crippen molar-refractivity contribution in [1.82, 2.24) is 4.90 Å². The number of likely N-dealkylation sites (N-methyl/N-ethyl adjacent to an activating group) is 1. The summed E-state index contributed by atoms with van der Waals surface area (Å²) in [5, 5.41) is 0. The van der Waals surface area contributed by atoms with E-state index in [1.165, 1.54) is 11.1 Å². The highest BCUT2D eigenvalue weighted by molar-refractivity contribution is 5.92. The van der Waals surface area contributed by atoms with Crippen molar-refractivity contribution in [2.45, 2.75) is 37.8 Å². The molecule has 0 spiro atoms. The predicted molar refractivity (Wildman–Crippen MR) is 96.0 cm³/mol. The van der Waals surface area contributed by atoms with E-state index in [2.05, 4.69) is 75.7 Å². The van der Waals surface area contributed by atoms with Gasteiger partial charge in [-0.15, -0.1) is 6.58 Å². The SMILES string of the molecule is C=CCN(C)[C@H]1C=C[C@](C)(C2=NC(C)(C)CO2)c2ccccc21. The van der Waals surface area contributed by atoms with Crippen molar-refractivity contribution in [3.8, 4) is 0 Å². The van der Waals surface area contributed by atoms with Crippen molar-refractivity contribution in [1.29, 1.82) is 0 Å². The van der Waals surface area contributed by atoms with E-state index in [0.29, 0.717) is 6.61 Å². The molecule has 0 bridgehead atoms. The molecule has 0 N–H and O–H groups in total. The van der Waals surface area contributed by atoms with Crippen LogP contribution in [0.25, 0.3) is 0 Å². The standard InChI is InChI=1S/C20H26N2O/c1-6-13-22(5)17-11-12-20(4,16-10-8-7-9-15(16)17)18-21-19(2,3)14-23-18/h6-12,17H,1,13-14H2,2-5H3/t17-,20-/m0/s1. The van der Waals surface area contributed by atoms with Crippen LogP contribution in [0, 0.1) is 0 Å². The van der Waals surface area contributed by atoms with Gasteiger partial charge >= 0.3 is 0 Å². The monoisotopic (exact) mass is 310 g/mol. The Balaban J connectivity index is 2.06. The molecule has 3 heteroatoms. The van der Waals surface area contributed by atoms with Crippen LogP contribution in [0.3, 0.4) is 0 Å². The quantitative estimate of drug-likeness (QED) is 0.788. The van der Waals surface area contributed by atoms with Crippen LogP contribution < -0.4 is 0 Å². The lowest BCUT2D eigenvalue weighted by Gasteiger charge is -2.37. The second-order valence-electron chi connectivity index (χ2n) is 7.34. The third-order valence-corrected chi connectivity index (χ3v) is 4.75. The Bertz CT molecular complexity index is 674. The average molecular weight is 310 g/mol. The molecule has 23 heavy (non-hydrogen) atoms. The summed E-state index contributed by atoms with van der Waals surface area (Å²) in [4.78, 5) is 7.13. The first-order valence-corrected chi connectivity index (χ1v) is 8.20. The third kappa shape index (κ3) is 2.74. The Morgan fingerprint density at radius 3 is 2.74 bits per heavy atom. The van der Waals surface area contributed by atoms with E-state index in [1.807, 2.05) is 6.08 Å². The lowest BCUT2D eigenvalue weighted by Crippen LogP contribution is -2.37. The molecule has 0 amide bonds. The molecule has 2 aliphatic rings. The highest BCUT2D eigenvalue weighted by Crippen LogP contribution is 2.42. The summed E-state index contributed by atoms with van der Waals surface area (Å²) in [6.45, 7) is 11.8. The van der Waals surface area contributed by atoms with Gasteiger partial charge in [-0.1, -0.05) is 42.5 Å². The van der Waals surface area contributed by atoms with Gasteiger partial charge in [-0.05, 0) is 38.9 Å². The first-order chi connectivity index (χ1) is 10.9. The van der Waals surface area contributed by atoms with Crippen LogP contribution in [-0.4, -0.2) is 36.5 Å². The van der Waals surface area contributed by atoms with Crippen molar-refractivity contribution in [2.75, 3.05) is 20.2 Å². The molecule has 0 fully saturated rings. The van der Waals surface area contributed by atoms with Gasteiger partial charge in [-0.25, -0.2) is 4.99 Å². The minimum atomic E-state index is -0.296. The molecule has 0 saturated heterocycles. The van der Waals surface area contributed by atoms with Gasteiger partial charge in [0, 0.05) is 6.54 Å². The molecule has 1 aliphatic heterocycles. The molecule has 2 atom stereocenters. The molecule has 1 aromatic carbocycles. The second-order valence-corrected chi connectivity index (χ2v) is 7.34. The van der Waals surface area contributed by atoms with Gasteiger partial charge in [0.05, 0.1) is 17.0 Å². The first kappa shape index (κ1) is 16.0. The van der Waals surface area contributed by atoms with Gasteiger partial charge in [-0.3, -0.25) is 4.90 Å². The molecule has 0 unspecified atom stereocenters. The summed E-state index contributed by atoms with van der Waals surface area (Å²) in [5.41, 5.74) is 2.16. The van der Waals surface area contributed by atoms with E-state index >= 15 is 0 Å². The van der Waals surface area contributed by atoms with Crippen molar-refractivity contribution in [3.05, 3.63) is 60.2 Å². The maximum atomic E-state index is 5.98. The van der Waals surface area contributed by atoms with Gasteiger partial charge in [0.15, 0.2) is 5.90 Å². The fourth-order valence-corrected chi connectivity index (χ4v) is 3.44. The van der Waals surface area contributed by atoms with Gasteiger partial charge < -0.3 is 4.74 Å². The fourth-order valence-electron chi connectivity index (χ4n) is 3.44. The largest absolute Gasteiger partial charge is 0.478 e. The minimum absolute atomic E-state index is 0.141. The maximum absolute atomic E-state index is 5.98. The third-order valence-electron chi connectivity index (χ3n) is 4.75. The maximum Gasteiger partial charge on any atom is 0.198 e. The number of ether oxygens (including phenoxy) is 1. The van der Waals surface area contributed by atoms with E-state index in [0.717, 1.165) is 12.4 Å². The van der Waals surface area contributed by atoms with E-state index < -0.39 is 0 Å². The van der Waals surface area contributed by atoms with Crippen molar-refractivity contribution < 1.29 is 4.74 Å². The summed E-state index contributed by atoms with van der Waals surface area (Å²) in [5.74, 6) is 0.830. The van der Waals surface area contributed by atoms with Crippen LogP contribution >= 0.6 is 0 Å². The van der Waals surface area contributed by atoms with Crippen LogP contribution in [0.4, 0.5) is 0 Å². The fraction of sp³-hybridized carbons (Fsp3) is 0.450. The molecule has 1 aromatic rings. The topological polar surface area (TPSA) is 24.8 Å². The summed E-state index contributed by atoms with van der Waals surface area (Å²) < 4.78 is 5.98. The van der Waals surface area contributed by atoms with E-state index in [1.54, 1.807) is 0 Å². The van der Waals surface area contributed by atoms with Crippen molar-refractivity contribution in [2.24, 2.45) is 4.99 Å². The first-order valence-electron chi connectivity index (χ1n) is 8.20. The molecule has 1 heterocycles. The molecule has 3 rings (SSSR count). The lowest BCUT2D eigenvalue weighted by molar-refractivity contribution is 0.263. The molecule has 0 radical (unpaired) electrons. The Kier molecular flexibility index (Phi) is 3.93. The highest BCUT2D eigenvalue weighted by atomic mass is 16.5. The Morgan fingerprint density at radius 2 is 2.09 bits per heavy atom. The number of aliphatic imine (C=N–C) groups is 1. The van der Waals surface area contributed by atoms with Crippen molar-refractivity contribution >= 4 is 5.90 Å². The van der Waals surface area contributed by atoms with E-state index in [9.17, 15) is 0 Å². The van der Waals surface area contributed by atoms with Gasteiger partial charge in [0.1, 0.15) is 6.61 Å². The summed E-state index contributed by atoms with van der Waals surface area (Å²) >= 11 is 0. The van der Waals surface area contributed by atoms with Crippen molar-refractivity contribution in [3.63, 3.8) is 0 Å². The van der Waals surface area contributed by atoms with Crippen LogP contribution in [-0.2, 0) is 10.2 Å². The van der Waals surface area contributed by atoms with E-state index in [4.69, 9.17) is 9.73 Å². The number of rotatable bonds is 4. The second kappa shape index (κ2) is 5.64. The number of fused-ring (bicyclic) bond motifs is 1. The molecule has 3 nitrogen and oxygen atoms in total. The average Bonchev–Trinajstić information content (AvgIpc) is 2.89. The zero-order valence-corrected chi connectivity index (χ0v) is 14.5. The minimum Gasteiger partial charge on any atom is -0.478 e. The smallest absolute Gasteiger partial charge is 0.198 e. The summed E-state index contributed by atoms with van der Waals surface area (Å²) in [6.07, 6.45) is 6.46. The van der Waals surface area contributed by atoms with Gasteiger partial charge in [-0.2, -0.15) is 0 Å². The normalized spacial score (nSPS) is 28.2. The number of hydrogen-bond donors (Lipinski definition) is 0. The lowest BCUT2D eigenvalue weighted by atomic mass is 9.73. The Morgan fingerprint density at radius 1 is 1.35 bits per heavy atom. The zero-order valence-electron chi connectivity index (χ0n) is 14.5. The number of nitrogens with zero attached hydrogens (tertiary/aromatic N) is 2. The molecular formula is C20H26N2O. The van der Waals surface area contributed by atoms with Crippen LogP contribution in [0.1, 0.15) is 37.9 Å². The van der Waals surface area contributed by atoms with E-state index in [-0.39, 0.29) is 17.0 Å². The molecule has 122 valence electrons. The Labute approximate surface area is 139 Å². The van der Waals surface area contributed by atoms with Crippen LogP contribution in [0.5, 0.6) is 0 Å². The summed E-state index contributed by atoms with van der Waals surface area (Å²) in [7, 11) is 2.13. The Hall–Kier alpha value is -1.87.